The van der Waals surface area contributed by atoms with E-state index in [9.17, 15) is 18.3 Å². The van der Waals surface area contributed by atoms with Crippen molar-refractivity contribution in [1.82, 2.24) is 14.6 Å². The number of aliphatic hydroxyl groups excluding tert-OH is 1. The molecule has 0 radical (unpaired) electrons. The summed E-state index contributed by atoms with van der Waals surface area (Å²) < 4.78 is 28.5. The van der Waals surface area contributed by atoms with E-state index in [1.807, 2.05) is 43.3 Å². The minimum absolute atomic E-state index is 0.119. The van der Waals surface area contributed by atoms with Crippen molar-refractivity contribution in [3.05, 3.63) is 95.3 Å². The van der Waals surface area contributed by atoms with Crippen LogP contribution in [0, 0.1) is 19.8 Å². The number of hydrogen-bond donors (Lipinski definition) is 2. The Balaban J connectivity index is 1.58. The second kappa shape index (κ2) is 11.3. The van der Waals surface area contributed by atoms with Crippen LogP contribution in [0.5, 0.6) is 0 Å². The summed E-state index contributed by atoms with van der Waals surface area (Å²) in [6.07, 6.45) is 1.16. The van der Waals surface area contributed by atoms with Crippen molar-refractivity contribution in [1.29, 1.82) is 0 Å². The lowest BCUT2D eigenvalue weighted by Crippen LogP contribution is -2.51. The number of nitrogens with zero attached hydrogens (tertiary/aromatic N) is 2. The Morgan fingerprint density at radius 3 is 2.44 bits per heavy atom. The average molecular weight is 508 g/mol. The van der Waals surface area contributed by atoms with Gasteiger partial charge in [-0.1, -0.05) is 48.5 Å². The molecule has 1 saturated carbocycles. The summed E-state index contributed by atoms with van der Waals surface area (Å²) in [6, 6.07) is 20.8. The Bertz CT molecular complexity index is 1290. The molecular weight excluding hydrogens is 474 g/mol. The van der Waals surface area contributed by atoms with Gasteiger partial charge in [-0.2, -0.15) is 4.31 Å². The van der Waals surface area contributed by atoms with Gasteiger partial charge in [-0.15, -0.1) is 0 Å². The molecule has 0 saturated heterocycles. The maximum Gasteiger partial charge on any atom is 0.270 e. The molecule has 2 aromatic carbocycles. The van der Waals surface area contributed by atoms with E-state index in [4.69, 9.17) is 0 Å². The van der Waals surface area contributed by atoms with Crippen LogP contribution >= 0.6 is 0 Å². The molecule has 0 spiro atoms. The first-order chi connectivity index (χ1) is 17.2. The van der Waals surface area contributed by atoms with Crippen LogP contribution in [0.1, 0.15) is 40.2 Å². The van der Waals surface area contributed by atoms with Crippen molar-refractivity contribution >= 4 is 15.9 Å². The molecule has 0 bridgehead atoms. The molecular formula is C28H33N3O4S. The van der Waals surface area contributed by atoms with E-state index in [1.165, 1.54) is 4.31 Å². The number of sulfonamides is 1. The van der Waals surface area contributed by atoms with Crippen molar-refractivity contribution in [2.45, 2.75) is 50.2 Å². The maximum absolute atomic E-state index is 13.6. The summed E-state index contributed by atoms with van der Waals surface area (Å²) in [5, 5.41) is 14.3. The second-order valence-corrected chi connectivity index (χ2v) is 11.5. The first-order valence-electron chi connectivity index (χ1n) is 12.3. The van der Waals surface area contributed by atoms with Crippen LogP contribution < -0.4 is 5.32 Å². The average Bonchev–Trinajstić information content (AvgIpc) is 3.68. The normalized spacial score (nSPS) is 15.4. The Labute approximate surface area is 213 Å². The Kier molecular flexibility index (Phi) is 8.18. The molecule has 1 aliphatic carbocycles. The van der Waals surface area contributed by atoms with Gasteiger partial charge in [0.05, 0.1) is 17.0 Å². The number of hydrogen-bond acceptors (Lipinski definition) is 5. The second-order valence-electron chi connectivity index (χ2n) is 9.58. The van der Waals surface area contributed by atoms with Gasteiger partial charge in [0.2, 0.25) is 10.0 Å². The lowest BCUT2D eigenvalue weighted by molar-refractivity contribution is 0.0776. The number of pyridine rings is 1. The number of aliphatic hydroxyl groups is 1. The molecule has 8 heteroatoms. The first kappa shape index (κ1) is 26.0. The van der Waals surface area contributed by atoms with Crippen molar-refractivity contribution in [3.63, 3.8) is 0 Å². The van der Waals surface area contributed by atoms with E-state index in [0.717, 1.165) is 24.0 Å². The smallest absolute Gasteiger partial charge is 0.270 e. The SMILES string of the molecule is Cc1cccc(S(=O)(=O)N(CC2CC2)C[C@@H](O)[C@H](Cc2ccccc2)NC(=O)c2cccc(C)n2)c1. The zero-order chi connectivity index (χ0) is 25.7. The Hall–Kier alpha value is -3.07. The van der Waals surface area contributed by atoms with E-state index in [-0.39, 0.29) is 23.1 Å². The van der Waals surface area contributed by atoms with Crippen molar-refractivity contribution < 1.29 is 18.3 Å². The standard InChI is InChI=1S/C28H33N3O4S/c1-20-8-6-12-24(16-20)36(34,35)31(18-23-14-15-23)19-27(32)26(17-22-10-4-3-5-11-22)30-28(33)25-13-7-9-21(2)29-25/h3-13,16,23,26-27,32H,14-15,17-19H2,1-2H3,(H,30,33)/t26-,27+/m0/s1. The number of benzene rings is 2. The van der Waals surface area contributed by atoms with E-state index in [2.05, 4.69) is 10.3 Å². The molecule has 3 aromatic rings. The van der Waals surface area contributed by atoms with Crippen molar-refractivity contribution in [2.75, 3.05) is 13.1 Å². The number of carbonyl (C=O) groups is 1. The topological polar surface area (TPSA) is 99.6 Å². The monoisotopic (exact) mass is 507 g/mol. The largest absolute Gasteiger partial charge is 0.390 e. The van der Waals surface area contributed by atoms with Crippen LogP contribution in [0.25, 0.3) is 0 Å². The van der Waals surface area contributed by atoms with Gasteiger partial charge in [0.25, 0.3) is 5.91 Å². The molecule has 1 heterocycles. The highest BCUT2D eigenvalue weighted by molar-refractivity contribution is 7.89. The van der Waals surface area contributed by atoms with Gasteiger partial charge >= 0.3 is 0 Å². The third kappa shape index (κ3) is 6.78. The third-order valence-electron chi connectivity index (χ3n) is 6.38. The predicted molar refractivity (Wildman–Crippen MR) is 139 cm³/mol. The summed E-state index contributed by atoms with van der Waals surface area (Å²) >= 11 is 0. The number of aromatic nitrogens is 1. The Morgan fingerprint density at radius 1 is 1.06 bits per heavy atom. The number of amides is 1. The fourth-order valence-corrected chi connectivity index (χ4v) is 5.82. The molecule has 1 fully saturated rings. The quantitative estimate of drug-likeness (QED) is 0.414. The summed E-state index contributed by atoms with van der Waals surface area (Å²) in [4.78, 5) is 17.5. The Morgan fingerprint density at radius 2 is 1.78 bits per heavy atom. The van der Waals surface area contributed by atoms with Crippen LogP contribution in [0.3, 0.4) is 0 Å². The summed E-state index contributed by atoms with van der Waals surface area (Å²) in [7, 11) is -3.82. The molecule has 2 atom stereocenters. The van der Waals surface area contributed by atoms with Crippen molar-refractivity contribution in [3.8, 4) is 0 Å². The molecule has 0 unspecified atom stereocenters. The molecule has 4 rings (SSSR count). The van der Waals surface area contributed by atoms with Gasteiger partial charge in [0.15, 0.2) is 0 Å². The minimum Gasteiger partial charge on any atom is -0.390 e. The maximum atomic E-state index is 13.6. The van der Waals surface area contributed by atoms with Crippen LogP contribution in [0.15, 0.2) is 77.7 Å². The van der Waals surface area contributed by atoms with Gasteiger partial charge in [-0.25, -0.2) is 13.4 Å². The number of nitrogens with one attached hydrogen (secondary N) is 1. The zero-order valence-electron chi connectivity index (χ0n) is 20.7. The van der Waals surface area contributed by atoms with Gasteiger partial charge in [0.1, 0.15) is 5.69 Å². The van der Waals surface area contributed by atoms with E-state index in [1.54, 1.807) is 43.3 Å². The van der Waals surface area contributed by atoms with E-state index < -0.39 is 28.1 Å². The molecule has 1 aliphatic rings. The van der Waals surface area contributed by atoms with Gasteiger partial charge in [-0.3, -0.25) is 4.79 Å². The number of carbonyl (C=O) groups excluding carboxylic acids is 1. The highest BCUT2D eigenvalue weighted by atomic mass is 32.2. The van der Waals surface area contributed by atoms with Gasteiger partial charge in [-0.05, 0) is 74.4 Å². The fourth-order valence-electron chi connectivity index (χ4n) is 4.18. The van der Waals surface area contributed by atoms with Gasteiger partial charge < -0.3 is 10.4 Å². The summed E-state index contributed by atoms with van der Waals surface area (Å²) in [6.45, 7) is 3.88. The molecule has 2 N–H and O–H groups in total. The molecule has 1 amide bonds. The highest BCUT2D eigenvalue weighted by Crippen LogP contribution is 2.32. The number of rotatable bonds is 11. The van der Waals surface area contributed by atoms with Crippen LogP contribution in [-0.2, 0) is 16.4 Å². The summed E-state index contributed by atoms with van der Waals surface area (Å²) in [5.74, 6) is -0.121. The lowest BCUT2D eigenvalue weighted by atomic mass is 10.0. The third-order valence-corrected chi connectivity index (χ3v) is 8.20. The van der Waals surface area contributed by atoms with E-state index >= 15 is 0 Å². The first-order valence-corrected chi connectivity index (χ1v) is 13.7. The zero-order valence-corrected chi connectivity index (χ0v) is 21.5. The van der Waals surface area contributed by atoms with E-state index in [0.29, 0.717) is 18.7 Å². The predicted octanol–water partition coefficient (Wildman–Crippen LogP) is 3.50. The molecule has 36 heavy (non-hydrogen) atoms. The molecule has 7 nitrogen and oxygen atoms in total. The van der Waals surface area contributed by atoms with Gasteiger partial charge in [0, 0.05) is 18.8 Å². The summed E-state index contributed by atoms with van der Waals surface area (Å²) in [5.41, 5.74) is 2.74. The van der Waals surface area contributed by atoms with Crippen molar-refractivity contribution in [2.24, 2.45) is 5.92 Å². The molecule has 1 aromatic heterocycles. The lowest BCUT2D eigenvalue weighted by Gasteiger charge is -2.30. The van der Waals surface area contributed by atoms with Crippen LogP contribution in [-0.4, -0.2) is 54.0 Å². The molecule has 0 aliphatic heterocycles. The van der Waals surface area contributed by atoms with Crippen LogP contribution in [0.2, 0.25) is 0 Å². The highest BCUT2D eigenvalue weighted by Gasteiger charge is 2.35. The fraction of sp³-hybridized carbons (Fsp3) is 0.357. The molecule has 190 valence electrons. The number of aryl methyl sites for hydroxylation is 2. The van der Waals surface area contributed by atoms with Crippen LogP contribution in [0.4, 0.5) is 0 Å². The minimum atomic E-state index is -3.82.